The number of carbonyl (C=O) groups is 1. The summed E-state index contributed by atoms with van der Waals surface area (Å²) in [6.07, 6.45) is 3.75. The van der Waals surface area contributed by atoms with E-state index in [1.807, 2.05) is 6.92 Å². The largest absolute Gasteiger partial charge is 0.544 e. The van der Waals surface area contributed by atoms with Crippen LogP contribution >= 0.6 is 11.8 Å². The van der Waals surface area contributed by atoms with Gasteiger partial charge in [0.15, 0.2) is 0 Å². The highest BCUT2D eigenvalue weighted by atomic mass is 32.2. The molecule has 2 heterocycles. The van der Waals surface area contributed by atoms with Crippen molar-refractivity contribution < 1.29 is 14.8 Å². The first-order valence-corrected chi connectivity index (χ1v) is 8.74. The zero-order valence-electron chi connectivity index (χ0n) is 14.2. The number of non-ortho nitro benzene ring substituents is 1. The lowest BCUT2D eigenvalue weighted by molar-refractivity contribution is -0.384. The van der Waals surface area contributed by atoms with Crippen LogP contribution in [0.25, 0.3) is 11.8 Å². The van der Waals surface area contributed by atoms with Gasteiger partial charge < -0.3 is 14.5 Å². The SMILES string of the molecule is CCc1nc(S/C(=C\c2cccn2-c2cccc([N+](=O)[O-])c2)C(=O)[O-])n[nH]1. The molecular formula is C17H14N5O4S-. The second-order valence-corrected chi connectivity index (χ2v) is 6.41. The number of nitrogens with zero attached hydrogens (tertiary/aromatic N) is 4. The van der Waals surface area contributed by atoms with Crippen molar-refractivity contribution in [2.75, 3.05) is 0 Å². The standard InChI is InChI=1S/C17H15N5O4S/c1-2-15-18-17(20-19-15)27-14(16(23)24)10-12-7-4-8-21(12)11-5-3-6-13(9-11)22(25)26/h3-10H,2H2,1H3,(H,23,24)(H,18,19,20)/p-1/b14-10-. The molecule has 0 aliphatic carbocycles. The smallest absolute Gasteiger partial charge is 0.271 e. The van der Waals surface area contributed by atoms with E-state index in [4.69, 9.17) is 0 Å². The van der Waals surface area contributed by atoms with E-state index >= 15 is 0 Å². The van der Waals surface area contributed by atoms with Crippen molar-refractivity contribution in [3.63, 3.8) is 0 Å². The number of aryl methyl sites for hydroxylation is 1. The first-order valence-electron chi connectivity index (χ1n) is 7.92. The van der Waals surface area contributed by atoms with Gasteiger partial charge in [-0.15, -0.1) is 5.10 Å². The van der Waals surface area contributed by atoms with E-state index in [1.54, 1.807) is 35.0 Å². The number of aromatic amines is 1. The lowest BCUT2D eigenvalue weighted by Crippen LogP contribution is -2.23. The van der Waals surface area contributed by atoms with E-state index in [-0.39, 0.29) is 15.7 Å². The number of aromatic nitrogens is 4. The van der Waals surface area contributed by atoms with Crippen molar-refractivity contribution in [2.24, 2.45) is 0 Å². The molecule has 0 saturated carbocycles. The van der Waals surface area contributed by atoms with Crippen LogP contribution < -0.4 is 5.11 Å². The molecule has 0 atom stereocenters. The average Bonchev–Trinajstić information content (AvgIpc) is 3.30. The second kappa shape index (κ2) is 7.87. The molecule has 138 valence electrons. The number of hydrogen-bond acceptors (Lipinski definition) is 7. The van der Waals surface area contributed by atoms with E-state index in [2.05, 4.69) is 15.2 Å². The molecule has 0 saturated heterocycles. The van der Waals surface area contributed by atoms with Crippen molar-refractivity contribution in [3.05, 3.63) is 69.1 Å². The minimum Gasteiger partial charge on any atom is -0.544 e. The van der Waals surface area contributed by atoms with Crippen molar-refractivity contribution >= 4 is 29.5 Å². The van der Waals surface area contributed by atoms with Gasteiger partial charge in [0.25, 0.3) is 5.69 Å². The highest BCUT2D eigenvalue weighted by Crippen LogP contribution is 2.27. The summed E-state index contributed by atoms with van der Waals surface area (Å²) in [7, 11) is 0. The lowest BCUT2D eigenvalue weighted by Gasteiger charge is -2.09. The molecule has 10 heteroatoms. The molecule has 3 aromatic rings. The Morgan fingerprint density at radius 2 is 2.19 bits per heavy atom. The molecule has 1 aromatic carbocycles. The maximum atomic E-state index is 11.5. The Kier molecular flexibility index (Phi) is 5.36. The number of nitrogens with one attached hydrogen (secondary N) is 1. The van der Waals surface area contributed by atoms with E-state index in [1.165, 1.54) is 18.2 Å². The first kappa shape index (κ1) is 18.4. The summed E-state index contributed by atoms with van der Waals surface area (Å²) < 4.78 is 1.64. The monoisotopic (exact) mass is 384 g/mol. The fourth-order valence-electron chi connectivity index (χ4n) is 2.35. The molecule has 1 N–H and O–H groups in total. The van der Waals surface area contributed by atoms with Gasteiger partial charge in [0.2, 0.25) is 5.16 Å². The zero-order chi connectivity index (χ0) is 19.4. The van der Waals surface area contributed by atoms with Gasteiger partial charge in [-0.3, -0.25) is 15.2 Å². The number of carboxylic acid groups (broad SMARTS) is 1. The predicted molar refractivity (Wildman–Crippen MR) is 97.0 cm³/mol. The van der Waals surface area contributed by atoms with Gasteiger partial charge in [-0.25, -0.2) is 4.98 Å². The van der Waals surface area contributed by atoms with Crippen molar-refractivity contribution in [1.29, 1.82) is 0 Å². The van der Waals surface area contributed by atoms with Crippen LogP contribution in [-0.4, -0.2) is 30.6 Å². The number of nitro benzene ring substituents is 1. The van der Waals surface area contributed by atoms with Crippen LogP contribution in [0.4, 0.5) is 5.69 Å². The Morgan fingerprint density at radius 1 is 1.37 bits per heavy atom. The third-order valence-electron chi connectivity index (χ3n) is 3.63. The van der Waals surface area contributed by atoms with Gasteiger partial charge in [-0.2, -0.15) is 0 Å². The summed E-state index contributed by atoms with van der Waals surface area (Å²) in [5.41, 5.74) is 1.00. The molecule has 27 heavy (non-hydrogen) atoms. The van der Waals surface area contributed by atoms with Crippen molar-refractivity contribution in [1.82, 2.24) is 19.7 Å². The topological polar surface area (TPSA) is 130 Å². The number of carbonyl (C=O) groups excluding carboxylic acids is 1. The van der Waals surface area contributed by atoms with Crippen molar-refractivity contribution in [2.45, 2.75) is 18.5 Å². The van der Waals surface area contributed by atoms with Gasteiger partial charge in [0, 0.05) is 35.3 Å². The first-order chi connectivity index (χ1) is 13.0. The van der Waals surface area contributed by atoms with Crippen LogP contribution in [0.2, 0.25) is 0 Å². The zero-order valence-corrected chi connectivity index (χ0v) is 15.0. The van der Waals surface area contributed by atoms with Crippen LogP contribution in [0.3, 0.4) is 0 Å². The molecule has 0 spiro atoms. The van der Waals surface area contributed by atoms with Gasteiger partial charge in [-0.05, 0) is 36.0 Å². The molecule has 0 aliphatic rings. The van der Waals surface area contributed by atoms with E-state index < -0.39 is 10.9 Å². The van der Waals surface area contributed by atoms with Gasteiger partial charge in [-0.1, -0.05) is 13.0 Å². The number of H-pyrrole nitrogens is 1. The summed E-state index contributed by atoms with van der Waals surface area (Å²) in [5.74, 6) is -0.718. The fourth-order valence-corrected chi connectivity index (χ4v) is 3.05. The minimum absolute atomic E-state index is 0.0570. The molecule has 0 radical (unpaired) electrons. The quantitative estimate of drug-likeness (QED) is 0.285. The third kappa shape index (κ3) is 4.23. The van der Waals surface area contributed by atoms with Crippen LogP contribution in [0, 0.1) is 10.1 Å². The van der Waals surface area contributed by atoms with Crippen LogP contribution in [0.15, 0.2) is 52.7 Å². The van der Waals surface area contributed by atoms with Crippen molar-refractivity contribution in [3.8, 4) is 5.69 Å². The summed E-state index contributed by atoms with van der Waals surface area (Å²) in [5, 5.41) is 29.5. The third-order valence-corrected chi connectivity index (χ3v) is 4.50. The molecule has 9 nitrogen and oxygen atoms in total. The van der Waals surface area contributed by atoms with E-state index in [9.17, 15) is 20.0 Å². The predicted octanol–water partition coefficient (Wildman–Crippen LogP) is 1.95. The Labute approximate surface area is 157 Å². The number of nitro groups is 1. The Hall–Kier alpha value is -3.40. The van der Waals surface area contributed by atoms with Crippen LogP contribution in [-0.2, 0) is 11.2 Å². The van der Waals surface area contributed by atoms with Gasteiger partial charge >= 0.3 is 0 Å². The molecule has 0 aliphatic heterocycles. The normalized spacial score (nSPS) is 11.5. The number of hydrogen-bond donors (Lipinski definition) is 1. The maximum absolute atomic E-state index is 11.5. The number of rotatable bonds is 7. The molecule has 0 fully saturated rings. The van der Waals surface area contributed by atoms with Gasteiger partial charge in [0.1, 0.15) is 5.82 Å². The summed E-state index contributed by atoms with van der Waals surface area (Å²) in [6.45, 7) is 1.90. The molecule has 0 unspecified atom stereocenters. The molecule has 0 bridgehead atoms. The molecule has 0 amide bonds. The average molecular weight is 384 g/mol. The van der Waals surface area contributed by atoms with Gasteiger partial charge in [0.05, 0.1) is 16.6 Å². The number of carboxylic acids is 1. The Bertz CT molecular complexity index is 1020. The minimum atomic E-state index is -1.37. The molecule has 3 rings (SSSR count). The maximum Gasteiger partial charge on any atom is 0.271 e. The van der Waals surface area contributed by atoms with E-state index in [0.29, 0.717) is 23.6 Å². The summed E-state index contributed by atoms with van der Waals surface area (Å²) in [6, 6.07) is 9.46. The summed E-state index contributed by atoms with van der Waals surface area (Å²) in [4.78, 5) is 26.1. The Balaban J connectivity index is 1.95. The number of aliphatic carboxylic acids is 1. The second-order valence-electron chi connectivity index (χ2n) is 5.40. The fraction of sp³-hybridized carbons (Fsp3) is 0.118. The van der Waals surface area contributed by atoms with Crippen LogP contribution in [0.5, 0.6) is 0 Å². The highest BCUT2D eigenvalue weighted by Gasteiger charge is 2.11. The number of benzene rings is 1. The highest BCUT2D eigenvalue weighted by molar-refractivity contribution is 8.04. The van der Waals surface area contributed by atoms with E-state index in [0.717, 1.165) is 11.8 Å². The summed E-state index contributed by atoms with van der Waals surface area (Å²) >= 11 is 0.867. The molecule has 2 aromatic heterocycles. The number of thioether (sulfide) groups is 1. The molecular weight excluding hydrogens is 370 g/mol. The Morgan fingerprint density at radius 3 is 2.85 bits per heavy atom. The lowest BCUT2D eigenvalue weighted by atomic mass is 10.2. The van der Waals surface area contributed by atoms with Crippen LogP contribution in [0.1, 0.15) is 18.4 Å².